The van der Waals surface area contributed by atoms with E-state index in [1.54, 1.807) is 24.0 Å². The van der Waals surface area contributed by atoms with Crippen LogP contribution < -0.4 is 5.32 Å². The number of ether oxygens (including phenoxy) is 1. The molecular weight excluding hydrogens is 294 g/mol. The Bertz CT molecular complexity index is 604. The highest BCUT2D eigenvalue weighted by molar-refractivity contribution is 7.12. The van der Waals surface area contributed by atoms with Gasteiger partial charge in [-0.05, 0) is 20.8 Å². The van der Waals surface area contributed by atoms with E-state index in [9.17, 15) is 4.79 Å². The average molecular weight is 311 g/mol. The van der Waals surface area contributed by atoms with Crippen molar-refractivity contribution >= 4 is 28.6 Å². The molecule has 2 aromatic heterocycles. The molecule has 0 unspecified atom stereocenters. The Morgan fingerprint density at radius 3 is 2.80 bits per heavy atom. The Labute approximate surface area is 126 Å². The van der Waals surface area contributed by atoms with Gasteiger partial charge in [0.2, 0.25) is 0 Å². The number of aromatic nitrogens is 2. The highest BCUT2D eigenvalue weighted by Gasteiger charge is 2.28. The molecule has 0 aliphatic rings. The molecule has 0 saturated heterocycles. The van der Waals surface area contributed by atoms with Gasteiger partial charge in [-0.1, -0.05) is 0 Å². The maximum Gasteiger partial charge on any atom is 0.264 e. The number of hydrogen-bond donors (Lipinski definition) is 1. The predicted molar refractivity (Wildman–Crippen MR) is 80.2 cm³/mol. The molecule has 0 bridgehead atoms. The number of carbonyl (C=O) groups is 1. The number of nitrogens with zero attached hydrogens (tertiary/aromatic N) is 2. The second-order valence-corrected chi connectivity index (χ2v) is 6.65. The van der Waals surface area contributed by atoms with Gasteiger partial charge in [0.1, 0.15) is 9.88 Å². The smallest absolute Gasteiger partial charge is 0.264 e. The van der Waals surface area contributed by atoms with Crippen molar-refractivity contribution in [1.29, 1.82) is 0 Å². The minimum absolute atomic E-state index is 0.141. The van der Waals surface area contributed by atoms with Crippen LogP contribution in [0.3, 0.4) is 0 Å². The largest absolute Gasteiger partial charge is 0.378 e. The maximum atomic E-state index is 12.4. The van der Waals surface area contributed by atoms with E-state index in [1.807, 2.05) is 26.2 Å². The van der Waals surface area contributed by atoms with Gasteiger partial charge in [-0.15, -0.1) is 22.7 Å². The van der Waals surface area contributed by atoms with Gasteiger partial charge in [0.05, 0.1) is 23.4 Å². The topological polar surface area (TPSA) is 64.1 Å². The number of nitrogens with one attached hydrogen (secondary N) is 1. The minimum Gasteiger partial charge on any atom is -0.378 e. The van der Waals surface area contributed by atoms with Crippen LogP contribution in [0.5, 0.6) is 0 Å². The van der Waals surface area contributed by atoms with Crippen LogP contribution in [0.1, 0.15) is 39.9 Å². The molecule has 7 heteroatoms. The van der Waals surface area contributed by atoms with Gasteiger partial charge in [-0.2, -0.15) is 0 Å². The van der Waals surface area contributed by atoms with Crippen LogP contribution in [-0.4, -0.2) is 23.0 Å². The molecule has 2 heterocycles. The van der Waals surface area contributed by atoms with Gasteiger partial charge in [0.15, 0.2) is 0 Å². The first-order valence-corrected chi connectivity index (χ1v) is 7.86. The molecule has 0 spiro atoms. The van der Waals surface area contributed by atoms with E-state index in [2.05, 4.69) is 15.3 Å². The first kappa shape index (κ1) is 15.1. The molecule has 5 nitrogen and oxygen atoms in total. The zero-order valence-electron chi connectivity index (χ0n) is 11.9. The Kier molecular flexibility index (Phi) is 4.52. The number of amides is 1. The summed E-state index contributed by atoms with van der Waals surface area (Å²) < 4.78 is 5.05. The lowest BCUT2D eigenvalue weighted by Crippen LogP contribution is -2.41. The van der Waals surface area contributed by atoms with Crippen LogP contribution in [0.2, 0.25) is 0 Å². The van der Waals surface area contributed by atoms with Crippen molar-refractivity contribution in [1.82, 2.24) is 15.3 Å². The lowest BCUT2D eigenvalue weighted by molar-refractivity contribution is 0.0911. The molecule has 2 aromatic rings. The molecule has 2 rings (SSSR count). The zero-order chi connectivity index (χ0) is 14.8. The van der Waals surface area contributed by atoms with E-state index < -0.39 is 5.54 Å². The summed E-state index contributed by atoms with van der Waals surface area (Å²) in [6.07, 6.45) is 0. The summed E-state index contributed by atoms with van der Waals surface area (Å²) in [5, 5.41) is 5.88. The number of hydrogen-bond acceptors (Lipinski definition) is 6. The fourth-order valence-electron chi connectivity index (χ4n) is 1.73. The molecule has 1 amide bonds. The van der Waals surface area contributed by atoms with E-state index >= 15 is 0 Å². The molecule has 0 atom stereocenters. The first-order chi connectivity index (χ1) is 9.44. The Hall–Kier alpha value is -1.31. The Morgan fingerprint density at radius 1 is 1.45 bits per heavy atom. The van der Waals surface area contributed by atoms with E-state index in [0.29, 0.717) is 17.2 Å². The van der Waals surface area contributed by atoms with Crippen molar-refractivity contribution in [3.05, 3.63) is 32.2 Å². The van der Waals surface area contributed by atoms with Crippen LogP contribution in [0.15, 0.2) is 10.9 Å². The van der Waals surface area contributed by atoms with Gasteiger partial charge < -0.3 is 10.1 Å². The van der Waals surface area contributed by atoms with E-state index in [4.69, 9.17) is 4.74 Å². The monoisotopic (exact) mass is 311 g/mol. The fraction of sp³-hybridized carbons (Fsp3) is 0.462. The lowest BCUT2D eigenvalue weighted by atomic mass is 10.1. The highest BCUT2D eigenvalue weighted by atomic mass is 32.1. The Morgan fingerprint density at radius 2 is 2.20 bits per heavy atom. The molecule has 20 heavy (non-hydrogen) atoms. The highest BCUT2D eigenvalue weighted by Crippen LogP contribution is 2.25. The summed E-state index contributed by atoms with van der Waals surface area (Å²) in [5.41, 5.74) is 2.78. The number of carbonyl (C=O) groups excluding carboxylic acids is 1. The van der Waals surface area contributed by atoms with Crippen molar-refractivity contribution < 1.29 is 9.53 Å². The number of aryl methyl sites for hydroxylation is 1. The minimum atomic E-state index is -0.510. The van der Waals surface area contributed by atoms with Gasteiger partial charge in [0, 0.05) is 18.2 Å². The lowest BCUT2D eigenvalue weighted by Gasteiger charge is -2.23. The second kappa shape index (κ2) is 5.99. The summed E-state index contributed by atoms with van der Waals surface area (Å²) in [4.78, 5) is 21.6. The third-order valence-electron chi connectivity index (χ3n) is 2.71. The van der Waals surface area contributed by atoms with Gasteiger partial charge in [-0.25, -0.2) is 9.97 Å². The van der Waals surface area contributed by atoms with Crippen LogP contribution in [0.25, 0.3) is 0 Å². The van der Waals surface area contributed by atoms with Crippen molar-refractivity contribution in [2.45, 2.75) is 32.9 Å². The Balaban J connectivity index is 2.16. The number of methoxy groups -OCH3 is 1. The zero-order valence-corrected chi connectivity index (χ0v) is 13.5. The van der Waals surface area contributed by atoms with Crippen LogP contribution in [0.4, 0.5) is 0 Å². The molecule has 0 aliphatic carbocycles. The number of rotatable bonds is 5. The molecular formula is C13H17N3O2S2. The molecule has 0 saturated carbocycles. The van der Waals surface area contributed by atoms with Gasteiger partial charge >= 0.3 is 0 Å². The SMILES string of the molecule is COCc1ncsc1C(=O)NC(C)(C)c1nc(C)cs1. The summed E-state index contributed by atoms with van der Waals surface area (Å²) in [7, 11) is 1.59. The molecule has 0 aromatic carbocycles. The van der Waals surface area contributed by atoms with Crippen LogP contribution in [0, 0.1) is 6.92 Å². The van der Waals surface area contributed by atoms with Crippen LogP contribution in [-0.2, 0) is 16.9 Å². The molecule has 0 fully saturated rings. The summed E-state index contributed by atoms with van der Waals surface area (Å²) in [6.45, 7) is 6.17. The van der Waals surface area contributed by atoms with Crippen molar-refractivity contribution in [2.75, 3.05) is 7.11 Å². The number of thiazole rings is 2. The second-order valence-electron chi connectivity index (χ2n) is 4.93. The van der Waals surface area contributed by atoms with Crippen LogP contribution >= 0.6 is 22.7 Å². The fourth-order valence-corrected chi connectivity index (χ4v) is 3.30. The maximum absolute atomic E-state index is 12.4. The summed E-state index contributed by atoms with van der Waals surface area (Å²) in [6, 6.07) is 0. The van der Waals surface area contributed by atoms with E-state index in [0.717, 1.165) is 10.7 Å². The first-order valence-electron chi connectivity index (χ1n) is 6.10. The third-order valence-corrected chi connectivity index (χ3v) is 4.86. The standard InChI is InChI=1S/C13H17N3O2S2/c1-8-6-19-12(15-8)13(2,3)16-11(17)10-9(5-18-4)14-7-20-10/h6-7H,5H2,1-4H3,(H,16,17). The van der Waals surface area contributed by atoms with E-state index in [-0.39, 0.29) is 5.91 Å². The van der Waals surface area contributed by atoms with Crippen molar-refractivity contribution in [3.63, 3.8) is 0 Å². The van der Waals surface area contributed by atoms with Crippen molar-refractivity contribution in [3.8, 4) is 0 Å². The van der Waals surface area contributed by atoms with E-state index in [1.165, 1.54) is 11.3 Å². The average Bonchev–Trinajstić information content (AvgIpc) is 2.98. The molecule has 0 aliphatic heterocycles. The summed E-state index contributed by atoms with van der Waals surface area (Å²) in [5.74, 6) is -0.141. The van der Waals surface area contributed by atoms with Gasteiger partial charge in [-0.3, -0.25) is 4.79 Å². The molecule has 108 valence electrons. The predicted octanol–water partition coefficient (Wildman–Crippen LogP) is 2.72. The van der Waals surface area contributed by atoms with Crippen molar-refractivity contribution in [2.24, 2.45) is 0 Å². The third kappa shape index (κ3) is 3.23. The quantitative estimate of drug-likeness (QED) is 0.922. The molecule has 0 radical (unpaired) electrons. The van der Waals surface area contributed by atoms with Gasteiger partial charge in [0.25, 0.3) is 5.91 Å². The normalized spacial score (nSPS) is 11.6. The molecule has 1 N–H and O–H groups in total. The summed E-state index contributed by atoms with van der Waals surface area (Å²) >= 11 is 2.87.